The van der Waals surface area contributed by atoms with Gasteiger partial charge in [0, 0.05) is 34.6 Å². The topological polar surface area (TPSA) is 97.7 Å². The molecule has 0 fully saturated rings. The molecule has 0 spiro atoms. The second-order valence-electron chi connectivity index (χ2n) is 8.04. The van der Waals surface area contributed by atoms with E-state index in [2.05, 4.69) is 29.8 Å². The Labute approximate surface area is 194 Å². The highest BCUT2D eigenvalue weighted by atomic mass is 19.1. The maximum atomic E-state index is 13.8. The van der Waals surface area contributed by atoms with Gasteiger partial charge in [0.25, 0.3) is 0 Å². The molecular weight excluding hydrogens is 423 g/mol. The third-order valence-electron chi connectivity index (χ3n) is 5.28. The van der Waals surface area contributed by atoms with Crippen LogP contribution < -0.4 is 5.90 Å². The number of carbonyl (C=O) groups is 1. The fraction of sp³-hybridized carbons (Fsp3) is 0.346. The number of allylic oxidation sites excluding steroid dienone is 5. The largest absolute Gasteiger partial charge is 0.392 e. The molecule has 2 aromatic rings. The van der Waals surface area contributed by atoms with Crippen LogP contribution in [0.5, 0.6) is 0 Å². The number of fused-ring (bicyclic) bond motifs is 1. The van der Waals surface area contributed by atoms with Gasteiger partial charge in [-0.25, -0.2) is 4.39 Å². The number of aromatic nitrogens is 1. The lowest BCUT2D eigenvalue weighted by atomic mass is 10.00. The van der Waals surface area contributed by atoms with Crippen molar-refractivity contribution >= 4 is 28.5 Å². The number of hydrogen-bond donors (Lipinski definition) is 3. The summed E-state index contributed by atoms with van der Waals surface area (Å²) in [6.45, 7) is 9.78. The second kappa shape index (κ2) is 12.3. The third-order valence-corrected chi connectivity index (χ3v) is 5.28. The molecule has 0 saturated heterocycles. The highest BCUT2D eigenvalue weighted by Gasteiger charge is 2.20. The highest BCUT2D eigenvalue weighted by Crippen LogP contribution is 2.36. The quantitative estimate of drug-likeness (QED) is 0.327. The molecular formula is C26H33FN2O4. The van der Waals surface area contributed by atoms with Gasteiger partial charge in [0.05, 0.1) is 24.5 Å². The molecule has 0 aliphatic carbocycles. The summed E-state index contributed by atoms with van der Waals surface area (Å²) < 4.78 is 16.0. The number of carbonyl (C=O) groups excluding carboxylic acids is 1. The molecule has 0 bridgehead atoms. The molecule has 6 nitrogen and oxygen atoms in total. The number of rotatable bonds is 11. The number of aliphatic hydroxyl groups is 2. The molecule has 1 unspecified atom stereocenters. The number of nitrogens with two attached hydrogens (primary N) is 1. The molecule has 178 valence electrons. The zero-order valence-corrected chi connectivity index (χ0v) is 19.4. The molecule has 0 amide bonds. The van der Waals surface area contributed by atoms with E-state index < -0.39 is 18.2 Å². The summed E-state index contributed by atoms with van der Waals surface area (Å²) in [4.78, 5) is 15.3. The Kier molecular flexibility index (Phi) is 9.78. The first-order valence-electron chi connectivity index (χ1n) is 11.0. The Balaban J connectivity index is 2.57. The van der Waals surface area contributed by atoms with Crippen LogP contribution >= 0.6 is 0 Å². The zero-order chi connectivity index (χ0) is 24.5. The minimum absolute atomic E-state index is 0.0581. The maximum absolute atomic E-state index is 13.8. The van der Waals surface area contributed by atoms with E-state index in [9.17, 15) is 19.4 Å². The van der Waals surface area contributed by atoms with E-state index in [4.69, 9.17) is 5.90 Å². The molecule has 2 rings (SSSR count). The van der Waals surface area contributed by atoms with Crippen LogP contribution in [0.4, 0.5) is 4.39 Å². The molecule has 2 atom stereocenters. The fourth-order valence-corrected chi connectivity index (χ4v) is 3.74. The van der Waals surface area contributed by atoms with Gasteiger partial charge < -0.3 is 19.6 Å². The van der Waals surface area contributed by atoms with Gasteiger partial charge in [0.2, 0.25) is 0 Å². The summed E-state index contributed by atoms with van der Waals surface area (Å²) >= 11 is 0. The molecule has 1 aromatic heterocycles. The molecule has 0 radical (unpaired) electrons. The third kappa shape index (κ3) is 6.74. The van der Waals surface area contributed by atoms with Crippen molar-refractivity contribution in [3.05, 3.63) is 72.2 Å². The predicted molar refractivity (Wildman–Crippen MR) is 131 cm³/mol. The number of benzene rings is 1. The minimum atomic E-state index is -1.10. The van der Waals surface area contributed by atoms with Crippen molar-refractivity contribution in [1.82, 2.24) is 4.57 Å². The first kappa shape index (κ1) is 26.3. The van der Waals surface area contributed by atoms with Crippen LogP contribution in [0.2, 0.25) is 0 Å². The van der Waals surface area contributed by atoms with Crippen LogP contribution in [-0.4, -0.2) is 33.0 Å². The smallest absolute Gasteiger partial charge is 0.327 e. The normalized spacial score (nSPS) is 14.8. The lowest BCUT2D eigenvalue weighted by Crippen LogP contribution is -2.22. The standard InChI is InChI=1S/C26H33FN2O4/c1-5-18(11-12-19(27)6-2)26-22-9-7-8-10-23(22)29(17(3)4)24(26)14-13-20(30)15-21(31)16-25(32)33-28/h5,7-14,17,20-21,30-31H,1,6,15-16,28H2,2-4H3/b14-13+,18-11+,19-12+/t20?,21-/m1/s1. The van der Waals surface area contributed by atoms with Crippen molar-refractivity contribution in [3.8, 4) is 0 Å². The summed E-state index contributed by atoms with van der Waals surface area (Å²) in [6.07, 6.45) is 6.00. The second-order valence-corrected chi connectivity index (χ2v) is 8.04. The number of para-hydroxylation sites is 1. The molecule has 4 N–H and O–H groups in total. The van der Waals surface area contributed by atoms with Gasteiger partial charge in [-0.2, -0.15) is 5.90 Å². The highest BCUT2D eigenvalue weighted by molar-refractivity contribution is 6.00. The van der Waals surface area contributed by atoms with Gasteiger partial charge in [-0.15, -0.1) is 0 Å². The average Bonchev–Trinajstić information content (AvgIpc) is 3.12. The Morgan fingerprint density at radius 2 is 1.97 bits per heavy atom. The van der Waals surface area contributed by atoms with Crippen LogP contribution in [0.25, 0.3) is 22.6 Å². The first-order valence-corrected chi connectivity index (χ1v) is 11.0. The van der Waals surface area contributed by atoms with E-state index in [0.29, 0.717) is 6.42 Å². The molecule has 7 heteroatoms. The van der Waals surface area contributed by atoms with Gasteiger partial charge in [-0.05, 0) is 44.1 Å². The number of halogens is 1. The van der Waals surface area contributed by atoms with Crippen molar-refractivity contribution in [1.29, 1.82) is 0 Å². The van der Waals surface area contributed by atoms with E-state index >= 15 is 0 Å². The van der Waals surface area contributed by atoms with E-state index in [1.165, 1.54) is 6.08 Å². The van der Waals surface area contributed by atoms with Crippen molar-refractivity contribution in [2.45, 2.75) is 58.3 Å². The average molecular weight is 457 g/mol. The Hall–Kier alpha value is -3.00. The monoisotopic (exact) mass is 456 g/mol. The van der Waals surface area contributed by atoms with E-state index in [0.717, 1.165) is 27.7 Å². The SMILES string of the molecule is C=C/C(=C\C=C(\F)CC)c1c(/C=C/C(O)C[C@@H](O)CC(=O)ON)n(C(C)C)c2ccccc12. The zero-order valence-electron chi connectivity index (χ0n) is 19.4. The number of aliphatic hydroxyl groups excluding tert-OH is 2. The first-order chi connectivity index (χ1) is 15.7. The van der Waals surface area contributed by atoms with Crippen molar-refractivity contribution in [2.24, 2.45) is 5.90 Å². The van der Waals surface area contributed by atoms with E-state index in [1.807, 2.05) is 24.3 Å². The maximum Gasteiger partial charge on any atom is 0.327 e. The molecule has 0 aliphatic heterocycles. The van der Waals surface area contributed by atoms with Crippen molar-refractivity contribution in [2.75, 3.05) is 0 Å². The van der Waals surface area contributed by atoms with Gasteiger partial charge in [-0.3, -0.25) is 4.79 Å². The van der Waals surface area contributed by atoms with Crippen LogP contribution in [-0.2, 0) is 9.63 Å². The Bertz CT molecular complexity index is 1070. The number of hydrogen-bond acceptors (Lipinski definition) is 5. The summed E-state index contributed by atoms with van der Waals surface area (Å²) in [7, 11) is 0. The minimum Gasteiger partial charge on any atom is -0.392 e. The fourth-order valence-electron chi connectivity index (χ4n) is 3.74. The number of nitrogens with zero attached hydrogens (tertiary/aromatic N) is 1. The van der Waals surface area contributed by atoms with Crippen LogP contribution in [0.15, 0.2) is 61.0 Å². The summed E-state index contributed by atoms with van der Waals surface area (Å²) in [6, 6.07) is 8.00. The van der Waals surface area contributed by atoms with Gasteiger partial charge in [0.15, 0.2) is 0 Å². The summed E-state index contributed by atoms with van der Waals surface area (Å²) in [5.41, 5.74) is 3.42. The van der Waals surface area contributed by atoms with Crippen molar-refractivity contribution in [3.63, 3.8) is 0 Å². The molecule has 1 aromatic carbocycles. The van der Waals surface area contributed by atoms with Gasteiger partial charge in [0.1, 0.15) is 0 Å². The Morgan fingerprint density at radius 1 is 1.27 bits per heavy atom. The van der Waals surface area contributed by atoms with Gasteiger partial charge >= 0.3 is 5.97 Å². The van der Waals surface area contributed by atoms with Crippen LogP contribution in [0.1, 0.15) is 57.3 Å². The van der Waals surface area contributed by atoms with E-state index in [1.54, 1.807) is 31.2 Å². The molecule has 1 heterocycles. The molecule has 0 saturated carbocycles. The van der Waals surface area contributed by atoms with Crippen molar-refractivity contribution < 1.29 is 24.2 Å². The molecule has 33 heavy (non-hydrogen) atoms. The van der Waals surface area contributed by atoms with E-state index in [-0.39, 0.29) is 24.7 Å². The molecule has 0 aliphatic rings. The summed E-state index contributed by atoms with van der Waals surface area (Å²) in [5, 5.41) is 21.4. The predicted octanol–water partition coefficient (Wildman–Crippen LogP) is 4.99. The lowest BCUT2D eigenvalue weighted by Gasteiger charge is -2.15. The van der Waals surface area contributed by atoms with Gasteiger partial charge in [-0.1, -0.05) is 49.9 Å². The summed E-state index contributed by atoms with van der Waals surface area (Å²) in [5.74, 6) is 3.80. The van der Waals surface area contributed by atoms with Crippen LogP contribution in [0.3, 0.4) is 0 Å². The Morgan fingerprint density at radius 3 is 2.58 bits per heavy atom. The van der Waals surface area contributed by atoms with Crippen LogP contribution in [0, 0.1) is 0 Å². The lowest BCUT2D eigenvalue weighted by molar-refractivity contribution is -0.146.